The molecule has 8 heteroatoms. The van der Waals surface area contributed by atoms with Crippen molar-refractivity contribution in [2.45, 2.75) is 52.1 Å². The Kier molecular flexibility index (Phi) is 9.50. The van der Waals surface area contributed by atoms with E-state index in [1.807, 2.05) is 68.4 Å². The molecule has 0 fully saturated rings. The molecule has 36 heavy (non-hydrogen) atoms. The Balaban J connectivity index is 1.90. The molecule has 0 saturated heterocycles. The number of aliphatic carboxylic acids is 1. The van der Waals surface area contributed by atoms with Gasteiger partial charge in [-0.1, -0.05) is 48.5 Å². The zero-order valence-electron chi connectivity index (χ0n) is 21.1. The number of carbonyl (C=O) groups is 3. The number of ether oxygens (including phenoxy) is 1. The summed E-state index contributed by atoms with van der Waals surface area (Å²) in [5, 5.41) is 13.9. The number of hydrogen-bond donors (Lipinski definition) is 3. The van der Waals surface area contributed by atoms with Crippen molar-refractivity contribution in [1.29, 1.82) is 0 Å². The van der Waals surface area contributed by atoms with Crippen molar-refractivity contribution in [1.82, 2.24) is 15.2 Å². The van der Waals surface area contributed by atoms with E-state index in [9.17, 15) is 19.5 Å². The van der Waals surface area contributed by atoms with Crippen LogP contribution in [0, 0.1) is 5.92 Å². The third-order valence-corrected chi connectivity index (χ3v) is 6.08. The Morgan fingerprint density at radius 2 is 1.75 bits per heavy atom. The molecule has 0 aliphatic heterocycles. The number of carboxylic acid groups (broad SMARTS) is 1. The average Bonchev–Trinajstić information content (AvgIpc) is 3.26. The van der Waals surface area contributed by atoms with Gasteiger partial charge in [0.2, 0.25) is 0 Å². The molecule has 1 unspecified atom stereocenters. The molecule has 1 heterocycles. The number of carbonyl (C=O) groups excluding carboxylic acids is 2. The number of esters is 1. The minimum absolute atomic E-state index is 0.0659. The van der Waals surface area contributed by atoms with Crippen molar-refractivity contribution < 1.29 is 24.2 Å². The highest BCUT2D eigenvalue weighted by Crippen LogP contribution is 2.23. The number of amides is 2. The number of nitrogens with one attached hydrogen (secondary N) is 2. The van der Waals surface area contributed by atoms with E-state index in [4.69, 9.17) is 4.74 Å². The molecule has 0 bridgehead atoms. The number of rotatable bonds is 12. The summed E-state index contributed by atoms with van der Waals surface area (Å²) in [5.74, 6) is -2.25. The fourth-order valence-electron chi connectivity index (χ4n) is 4.29. The zero-order valence-corrected chi connectivity index (χ0v) is 21.1. The summed E-state index contributed by atoms with van der Waals surface area (Å²) >= 11 is 0. The van der Waals surface area contributed by atoms with Gasteiger partial charge < -0.3 is 25.0 Å². The smallest absolute Gasteiger partial charge is 0.326 e. The van der Waals surface area contributed by atoms with E-state index in [-0.39, 0.29) is 25.6 Å². The average molecular weight is 494 g/mol. The Morgan fingerprint density at radius 3 is 2.42 bits per heavy atom. The molecule has 192 valence electrons. The fraction of sp³-hybridized carbons (Fsp3) is 0.393. The topological polar surface area (TPSA) is 112 Å². The van der Waals surface area contributed by atoms with Crippen LogP contribution in [0.15, 0.2) is 60.8 Å². The second-order valence-electron chi connectivity index (χ2n) is 9.15. The molecular formula is C28H35N3O5. The predicted octanol–water partition coefficient (Wildman–Crippen LogP) is 4.40. The van der Waals surface area contributed by atoms with E-state index in [2.05, 4.69) is 10.3 Å². The largest absolute Gasteiger partial charge is 0.480 e. The molecular weight excluding hydrogens is 458 g/mol. The standard InChI is InChI=1S/C28H35N3O5/c1-4-36-27(34)21(15-14-20-10-6-5-7-11-20)18-31(28(35)30-19(2)3)25(26(32)33)16-22-17-29-24-13-9-8-12-23(22)24/h5-13,17,19,21,25,29H,4,14-16,18H2,1-3H3,(H,30,35)(H,32,33)/t21?,25-/m0/s1. The summed E-state index contributed by atoms with van der Waals surface area (Å²) in [6.07, 6.45) is 2.90. The van der Waals surface area contributed by atoms with Crippen molar-refractivity contribution >= 4 is 28.9 Å². The van der Waals surface area contributed by atoms with E-state index in [1.165, 1.54) is 4.90 Å². The lowest BCUT2D eigenvalue weighted by molar-refractivity contribution is -0.150. The summed E-state index contributed by atoms with van der Waals surface area (Å²) < 4.78 is 5.31. The Hall–Kier alpha value is -3.81. The number of benzene rings is 2. The van der Waals surface area contributed by atoms with Gasteiger partial charge >= 0.3 is 18.0 Å². The first-order chi connectivity index (χ1) is 17.3. The van der Waals surface area contributed by atoms with Crippen molar-refractivity contribution in [2.24, 2.45) is 5.92 Å². The molecule has 2 aromatic carbocycles. The highest BCUT2D eigenvalue weighted by Gasteiger charge is 2.35. The number of fused-ring (bicyclic) bond motifs is 1. The first kappa shape index (κ1) is 26.8. The van der Waals surface area contributed by atoms with E-state index in [1.54, 1.807) is 13.1 Å². The first-order valence-corrected chi connectivity index (χ1v) is 12.4. The van der Waals surface area contributed by atoms with Crippen molar-refractivity contribution in [3.63, 3.8) is 0 Å². The number of carboxylic acids is 1. The summed E-state index contributed by atoms with van der Waals surface area (Å²) in [4.78, 5) is 43.1. The van der Waals surface area contributed by atoms with E-state index in [0.29, 0.717) is 12.8 Å². The van der Waals surface area contributed by atoms with Crippen molar-refractivity contribution in [3.05, 3.63) is 71.9 Å². The summed E-state index contributed by atoms with van der Waals surface area (Å²) in [6.45, 7) is 5.49. The second-order valence-corrected chi connectivity index (χ2v) is 9.15. The van der Waals surface area contributed by atoms with Crippen LogP contribution < -0.4 is 5.32 Å². The number of H-pyrrole nitrogens is 1. The van der Waals surface area contributed by atoms with Gasteiger partial charge in [-0.25, -0.2) is 9.59 Å². The lowest BCUT2D eigenvalue weighted by Crippen LogP contribution is -2.54. The number of para-hydroxylation sites is 1. The Bertz CT molecular complexity index is 1160. The SMILES string of the molecule is CCOC(=O)C(CCc1ccccc1)CN(C(=O)NC(C)C)[C@@H](Cc1c[nH]c2ccccc12)C(=O)O. The minimum Gasteiger partial charge on any atom is -0.480 e. The molecule has 0 radical (unpaired) electrons. The number of urea groups is 1. The van der Waals surface area contributed by atoms with Gasteiger partial charge in [-0.15, -0.1) is 0 Å². The summed E-state index contributed by atoms with van der Waals surface area (Å²) in [6, 6.07) is 15.5. The molecule has 2 atom stereocenters. The lowest BCUT2D eigenvalue weighted by Gasteiger charge is -2.32. The quantitative estimate of drug-likeness (QED) is 0.324. The van der Waals surface area contributed by atoms with Gasteiger partial charge in [0, 0.05) is 36.1 Å². The van der Waals surface area contributed by atoms with Crippen LogP contribution in [0.3, 0.4) is 0 Å². The number of nitrogens with zero attached hydrogens (tertiary/aromatic N) is 1. The predicted molar refractivity (Wildman–Crippen MR) is 139 cm³/mol. The van der Waals surface area contributed by atoms with Crippen LogP contribution in [0.2, 0.25) is 0 Å². The highest BCUT2D eigenvalue weighted by atomic mass is 16.5. The molecule has 3 rings (SSSR count). The van der Waals surface area contributed by atoms with Crippen LogP contribution in [0.1, 0.15) is 38.3 Å². The van der Waals surface area contributed by atoms with E-state index >= 15 is 0 Å². The molecule has 3 N–H and O–H groups in total. The van der Waals surface area contributed by atoms with Crippen LogP contribution in [-0.2, 0) is 27.2 Å². The van der Waals surface area contributed by atoms with Gasteiger partial charge in [-0.2, -0.15) is 0 Å². The number of aryl methyl sites for hydroxylation is 1. The zero-order chi connectivity index (χ0) is 26.1. The molecule has 8 nitrogen and oxygen atoms in total. The molecule has 0 aliphatic rings. The van der Waals surface area contributed by atoms with Crippen LogP contribution in [0.5, 0.6) is 0 Å². The first-order valence-electron chi connectivity index (χ1n) is 12.4. The van der Waals surface area contributed by atoms with Gasteiger partial charge in [-0.3, -0.25) is 4.79 Å². The van der Waals surface area contributed by atoms with Crippen LogP contribution in [0.4, 0.5) is 4.79 Å². The van der Waals surface area contributed by atoms with Crippen molar-refractivity contribution in [3.8, 4) is 0 Å². The minimum atomic E-state index is -1.17. The third-order valence-electron chi connectivity index (χ3n) is 6.08. The third kappa shape index (κ3) is 7.10. The Labute approximate surface area is 211 Å². The van der Waals surface area contributed by atoms with E-state index in [0.717, 1.165) is 22.0 Å². The van der Waals surface area contributed by atoms with Crippen molar-refractivity contribution in [2.75, 3.05) is 13.2 Å². The molecule has 2 amide bonds. The molecule has 0 saturated carbocycles. The van der Waals surface area contributed by atoms with Gasteiger partial charge in [0.1, 0.15) is 6.04 Å². The summed E-state index contributed by atoms with van der Waals surface area (Å²) in [5.41, 5.74) is 2.73. The molecule has 3 aromatic rings. The monoisotopic (exact) mass is 493 g/mol. The number of aromatic amines is 1. The second kappa shape index (κ2) is 12.8. The molecule has 0 aliphatic carbocycles. The van der Waals surface area contributed by atoms with Gasteiger partial charge in [0.25, 0.3) is 0 Å². The van der Waals surface area contributed by atoms with Crippen LogP contribution in [-0.4, -0.2) is 58.2 Å². The van der Waals surface area contributed by atoms with Crippen LogP contribution in [0.25, 0.3) is 10.9 Å². The number of hydrogen-bond acceptors (Lipinski definition) is 4. The van der Waals surface area contributed by atoms with Gasteiger partial charge in [0.15, 0.2) is 0 Å². The molecule has 1 aromatic heterocycles. The maximum Gasteiger partial charge on any atom is 0.326 e. The van der Waals surface area contributed by atoms with Gasteiger partial charge in [0.05, 0.1) is 12.5 Å². The van der Waals surface area contributed by atoms with Gasteiger partial charge in [-0.05, 0) is 50.8 Å². The maximum absolute atomic E-state index is 13.3. The maximum atomic E-state index is 13.3. The van der Waals surface area contributed by atoms with E-state index < -0.39 is 29.9 Å². The number of aromatic nitrogens is 1. The van der Waals surface area contributed by atoms with Crippen LogP contribution >= 0.6 is 0 Å². The fourth-order valence-corrected chi connectivity index (χ4v) is 4.29. The molecule has 0 spiro atoms. The summed E-state index contributed by atoms with van der Waals surface area (Å²) in [7, 11) is 0. The Morgan fingerprint density at radius 1 is 1.06 bits per heavy atom. The lowest BCUT2D eigenvalue weighted by atomic mass is 9.97. The highest BCUT2D eigenvalue weighted by molar-refractivity contribution is 5.87. The normalized spacial score (nSPS) is 12.8.